The third-order valence-corrected chi connectivity index (χ3v) is 3.37. The van der Waals surface area contributed by atoms with Gasteiger partial charge in [0.2, 0.25) is 0 Å². The molecule has 0 aliphatic rings. The number of nitrogens with one attached hydrogen (secondary N) is 1. The molecule has 0 unspecified atom stereocenters. The van der Waals surface area contributed by atoms with Crippen molar-refractivity contribution in [3.63, 3.8) is 0 Å². The summed E-state index contributed by atoms with van der Waals surface area (Å²) in [4.78, 5) is 8.50. The fourth-order valence-corrected chi connectivity index (χ4v) is 2.33. The van der Waals surface area contributed by atoms with Gasteiger partial charge in [-0.15, -0.1) is 0 Å². The molecule has 3 nitrogen and oxygen atoms in total. The van der Waals surface area contributed by atoms with Crippen LogP contribution >= 0.6 is 0 Å². The average Bonchev–Trinajstić information content (AvgIpc) is 2.53. The number of pyridine rings is 2. The van der Waals surface area contributed by atoms with Crippen molar-refractivity contribution in [2.24, 2.45) is 0 Å². The number of nitrogens with zero attached hydrogens (tertiary/aromatic N) is 2. The minimum Gasteiger partial charge on any atom is -0.312 e. The van der Waals surface area contributed by atoms with E-state index in [-0.39, 0.29) is 0 Å². The summed E-state index contributed by atoms with van der Waals surface area (Å²) in [5.41, 5.74) is 3.67. The molecule has 0 radical (unpaired) electrons. The predicted molar refractivity (Wildman–Crippen MR) is 81.4 cm³/mol. The minimum atomic E-state index is 0.876. The lowest BCUT2D eigenvalue weighted by atomic mass is 10.1. The lowest BCUT2D eigenvalue weighted by Crippen LogP contribution is -2.16. The third kappa shape index (κ3) is 3.00. The van der Waals surface area contributed by atoms with Crippen molar-refractivity contribution >= 4 is 10.9 Å². The van der Waals surface area contributed by atoms with Crippen LogP contribution in [-0.2, 0) is 13.0 Å². The lowest BCUT2D eigenvalue weighted by molar-refractivity contribution is 0.687. The molecule has 0 fully saturated rings. The Kier molecular flexibility index (Phi) is 3.99. The molecule has 0 bridgehead atoms. The molecule has 3 heteroatoms. The highest BCUT2D eigenvalue weighted by Gasteiger charge is 2.01. The second-order valence-corrected chi connectivity index (χ2v) is 4.77. The summed E-state index contributed by atoms with van der Waals surface area (Å²) in [6.07, 6.45) is 6.49. The molecule has 0 saturated carbocycles. The van der Waals surface area contributed by atoms with E-state index in [9.17, 15) is 0 Å². The van der Waals surface area contributed by atoms with Crippen LogP contribution in [-0.4, -0.2) is 16.5 Å². The Morgan fingerprint density at radius 2 is 1.75 bits per heavy atom. The van der Waals surface area contributed by atoms with Gasteiger partial charge in [-0.1, -0.05) is 24.3 Å². The Hall–Kier alpha value is -2.26. The van der Waals surface area contributed by atoms with Crippen LogP contribution in [0.1, 0.15) is 11.1 Å². The molecular weight excluding hydrogens is 246 g/mol. The minimum absolute atomic E-state index is 0.876. The average molecular weight is 263 g/mol. The molecule has 20 heavy (non-hydrogen) atoms. The summed E-state index contributed by atoms with van der Waals surface area (Å²) in [5, 5.41) is 4.67. The van der Waals surface area contributed by atoms with Crippen molar-refractivity contribution in [1.82, 2.24) is 15.3 Å². The van der Waals surface area contributed by atoms with E-state index in [1.54, 1.807) is 0 Å². The SMILES string of the molecule is c1cnc2c(CCNCc3ccncc3)cccc2c1. The van der Waals surface area contributed by atoms with E-state index in [0.717, 1.165) is 25.0 Å². The summed E-state index contributed by atoms with van der Waals surface area (Å²) < 4.78 is 0. The number of benzene rings is 1. The smallest absolute Gasteiger partial charge is 0.0734 e. The van der Waals surface area contributed by atoms with Crippen molar-refractivity contribution < 1.29 is 0 Å². The van der Waals surface area contributed by atoms with Crippen LogP contribution < -0.4 is 5.32 Å². The van der Waals surface area contributed by atoms with E-state index >= 15 is 0 Å². The largest absolute Gasteiger partial charge is 0.312 e. The maximum absolute atomic E-state index is 4.48. The summed E-state index contributed by atoms with van der Waals surface area (Å²) in [7, 11) is 0. The molecule has 1 N–H and O–H groups in total. The van der Waals surface area contributed by atoms with Crippen molar-refractivity contribution in [3.8, 4) is 0 Å². The highest BCUT2D eigenvalue weighted by atomic mass is 14.8. The molecule has 0 amide bonds. The van der Waals surface area contributed by atoms with Crippen LogP contribution in [0.5, 0.6) is 0 Å². The van der Waals surface area contributed by atoms with Crippen molar-refractivity contribution in [2.75, 3.05) is 6.54 Å². The summed E-state index contributed by atoms with van der Waals surface area (Å²) >= 11 is 0. The number of fused-ring (bicyclic) bond motifs is 1. The van der Waals surface area contributed by atoms with Crippen LogP contribution in [0, 0.1) is 0 Å². The van der Waals surface area contributed by atoms with Crippen LogP contribution in [0.2, 0.25) is 0 Å². The first-order valence-corrected chi connectivity index (χ1v) is 6.86. The van der Waals surface area contributed by atoms with Gasteiger partial charge >= 0.3 is 0 Å². The number of hydrogen-bond acceptors (Lipinski definition) is 3. The second-order valence-electron chi connectivity index (χ2n) is 4.77. The van der Waals surface area contributed by atoms with E-state index in [4.69, 9.17) is 0 Å². The normalized spacial score (nSPS) is 10.8. The Balaban J connectivity index is 1.60. The van der Waals surface area contributed by atoms with Crippen LogP contribution in [0.25, 0.3) is 10.9 Å². The van der Waals surface area contributed by atoms with Gasteiger partial charge in [0, 0.05) is 30.5 Å². The maximum Gasteiger partial charge on any atom is 0.0734 e. The topological polar surface area (TPSA) is 37.8 Å². The fraction of sp³-hybridized carbons (Fsp3) is 0.176. The van der Waals surface area contributed by atoms with Gasteiger partial charge in [0.05, 0.1) is 5.52 Å². The fourth-order valence-electron chi connectivity index (χ4n) is 2.33. The summed E-state index contributed by atoms with van der Waals surface area (Å²) in [6, 6.07) is 14.5. The van der Waals surface area contributed by atoms with Crippen LogP contribution in [0.15, 0.2) is 61.1 Å². The number of para-hydroxylation sites is 1. The second kappa shape index (κ2) is 6.26. The molecule has 100 valence electrons. The first-order valence-electron chi connectivity index (χ1n) is 6.86. The third-order valence-electron chi connectivity index (χ3n) is 3.37. The van der Waals surface area contributed by atoms with Gasteiger partial charge in [-0.2, -0.15) is 0 Å². The predicted octanol–water partition coefficient (Wildman–Crippen LogP) is 2.96. The standard InChI is InChI=1S/C17H17N3/c1-3-15-5-2-9-20-17(15)16(4-1)8-12-19-13-14-6-10-18-11-7-14/h1-7,9-11,19H,8,12-13H2. The van der Waals surface area contributed by atoms with Gasteiger partial charge in [-0.25, -0.2) is 0 Å². The Morgan fingerprint density at radius 3 is 2.65 bits per heavy atom. The van der Waals surface area contributed by atoms with Gasteiger partial charge in [-0.3, -0.25) is 9.97 Å². The first-order chi connectivity index (χ1) is 9.93. The molecule has 2 heterocycles. The van der Waals surface area contributed by atoms with Gasteiger partial charge in [0.15, 0.2) is 0 Å². The van der Waals surface area contributed by atoms with E-state index in [0.29, 0.717) is 0 Å². The summed E-state index contributed by atoms with van der Waals surface area (Å²) in [6.45, 7) is 1.82. The first kappa shape index (κ1) is 12.8. The van der Waals surface area contributed by atoms with Gasteiger partial charge in [-0.05, 0) is 42.3 Å². The van der Waals surface area contributed by atoms with Crippen LogP contribution in [0.4, 0.5) is 0 Å². The monoisotopic (exact) mass is 263 g/mol. The quantitative estimate of drug-likeness (QED) is 0.719. The molecule has 3 rings (SSSR count). The van der Waals surface area contributed by atoms with Crippen LogP contribution in [0.3, 0.4) is 0 Å². The molecule has 2 aromatic heterocycles. The van der Waals surface area contributed by atoms with E-state index < -0.39 is 0 Å². The van der Waals surface area contributed by atoms with Crippen molar-refractivity contribution in [3.05, 3.63) is 72.2 Å². The zero-order chi connectivity index (χ0) is 13.6. The van der Waals surface area contributed by atoms with E-state index in [1.165, 1.54) is 16.5 Å². The van der Waals surface area contributed by atoms with Crippen molar-refractivity contribution in [1.29, 1.82) is 0 Å². The van der Waals surface area contributed by atoms with E-state index in [2.05, 4.69) is 39.6 Å². The molecule has 1 aromatic carbocycles. The molecule has 0 atom stereocenters. The Labute approximate surface area is 118 Å². The molecule has 0 saturated heterocycles. The molecule has 3 aromatic rings. The molecule has 0 spiro atoms. The maximum atomic E-state index is 4.48. The zero-order valence-electron chi connectivity index (χ0n) is 11.3. The van der Waals surface area contributed by atoms with Gasteiger partial charge < -0.3 is 5.32 Å². The highest BCUT2D eigenvalue weighted by Crippen LogP contribution is 2.15. The lowest BCUT2D eigenvalue weighted by Gasteiger charge is -2.07. The number of aromatic nitrogens is 2. The molecule has 0 aliphatic heterocycles. The van der Waals surface area contributed by atoms with Gasteiger partial charge in [0.25, 0.3) is 0 Å². The molecule has 0 aliphatic carbocycles. The zero-order valence-corrected chi connectivity index (χ0v) is 11.3. The Morgan fingerprint density at radius 1 is 0.900 bits per heavy atom. The number of hydrogen-bond donors (Lipinski definition) is 1. The summed E-state index contributed by atoms with van der Waals surface area (Å²) in [5.74, 6) is 0. The molecular formula is C17H17N3. The Bertz CT molecular complexity index is 675. The van der Waals surface area contributed by atoms with Gasteiger partial charge in [0.1, 0.15) is 0 Å². The van der Waals surface area contributed by atoms with Crippen molar-refractivity contribution in [2.45, 2.75) is 13.0 Å². The highest BCUT2D eigenvalue weighted by molar-refractivity contribution is 5.81. The van der Waals surface area contributed by atoms with E-state index in [1.807, 2.05) is 36.8 Å². The number of rotatable bonds is 5.